The second kappa shape index (κ2) is 7.79. The van der Waals surface area contributed by atoms with E-state index in [1.165, 1.54) is 0 Å². The maximum atomic E-state index is 12.3. The number of para-hydroxylation sites is 1. The Kier molecular flexibility index (Phi) is 5.28. The number of carbonyl (C=O) groups excluding carboxylic acids is 1. The second-order valence-corrected chi connectivity index (χ2v) is 5.80. The minimum absolute atomic E-state index is 0.0665. The number of nitrogens with zero attached hydrogens (tertiary/aromatic N) is 4. The fourth-order valence-electron chi connectivity index (χ4n) is 2.91. The predicted molar refractivity (Wildman–Crippen MR) is 99.4 cm³/mol. The topological polar surface area (TPSA) is 63.1 Å². The fraction of sp³-hybridized carbons (Fsp3) is 0.316. The van der Waals surface area contributed by atoms with Crippen LogP contribution < -0.4 is 10.2 Å². The lowest BCUT2D eigenvalue weighted by atomic mass is 10.2. The molecule has 0 spiro atoms. The molecule has 2 heterocycles. The van der Waals surface area contributed by atoms with Gasteiger partial charge in [-0.1, -0.05) is 24.3 Å². The van der Waals surface area contributed by atoms with Crippen LogP contribution in [0.5, 0.6) is 0 Å². The van der Waals surface area contributed by atoms with Crippen LogP contribution in [0.2, 0.25) is 0 Å². The molecule has 0 unspecified atom stereocenters. The highest BCUT2D eigenvalue weighted by Crippen LogP contribution is 2.17. The van der Waals surface area contributed by atoms with Crippen molar-refractivity contribution in [3.8, 4) is 0 Å². The zero-order chi connectivity index (χ0) is 17.6. The Morgan fingerprint density at radius 1 is 1.16 bits per heavy atom. The van der Waals surface area contributed by atoms with Gasteiger partial charge in [-0.25, -0.2) is 4.98 Å². The third-order valence-corrected chi connectivity index (χ3v) is 4.25. The number of fused-ring (bicyclic) bond motifs is 1. The minimum atomic E-state index is -0.0665. The molecule has 1 N–H and O–H groups in total. The van der Waals surface area contributed by atoms with Crippen LogP contribution in [0.1, 0.15) is 19.4 Å². The lowest BCUT2D eigenvalue weighted by Gasteiger charge is -2.22. The van der Waals surface area contributed by atoms with Crippen molar-refractivity contribution in [1.29, 1.82) is 0 Å². The summed E-state index contributed by atoms with van der Waals surface area (Å²) in [6.45, 7) is 6.63. The molecule has 3 aromatic rings. The summed E-state index contributed by atoms with van der Waals surface area (Å²) in [5.74, 6) is 0.862. The third kappa shape index (κ3) is 3.79. The summed E-state index contributed by atoms with van der Waals surface area (Å²) in [7, 11) is 0. The Balaban J connectivity index is 1.67. The molecule has 0 atom stereocenters. The van der Waals surface area contributed by atoms with Gasteiger partial charge in [-0.15, -0.1) is 0 Å². The van der Waals surface area contributed by atoms with Gasteiger partial charge in [0.2, 0.25) is 5.91 Å². The van der Waals surface area contributed by atoms with E-state index in [1.54, 1.807) is 17.1 Å². The summed E-state index contributed by atoms with van der Waals surface area (Å²) in [6, 6.07) is 11.8. The number of amides is 1. The van der Waals surface area contributed by atoms with E-state index < -0.39 is 0 Å². The average molecular weight is 337 g/mol. The Morgan fingerprint density at radius 3 is 2.76 bits per heavy atom. The lowest BCUT2D eigenvalue weighted by Crippen LogP contribution is -2.30. The van der Waals surface area contributed by atoms with E-state index in [4.69, 9.17) is 0 Å². The van der Waals surface area contributed by atoms with E-state index in [0.29, 0.717) is 6.54 Å². The minimum Gasteiger partial charge on any atom is -0.357 e. The van der Waals surface area contributed by atoms with Crippen LogP contribution in [0.25, 0.3) is 10.9 Å². The zero-order valence-corrected chi connectivity index (χ0v) is 14.6. The number of carbonyl (C=O) groups is 1. The summed E-state index contributed by atoms with van der Waals surface area (Å²) in [5, 5.41) is 8.31. The highest BCUT2D eigenvalue weighted by Gasteiger charge is 2.11. The molecule has 0 aliphatic heterocycles. The van der Waals surface area contributed by atoms with Gasteiger partial charge >= 0.3 is 0 Å². The van der Waals surface area contributed by atoms with E-state index in [2.05, 4.69) is 34.1 Å². The van der Waals surface area contributed by atoms with Crippen LogP contribution in [-0.4, -0.2) is 33.8 Å². The van der Waals surface area contributed by atoms with Gasteiger partial charge in [0.1, 0.15) is 12.4 Å². The van der Waals surface area contributed by atoms with E-state index in [0.717, 1.165) is 35.4 Å². The van der Waals surface area contributed by atoms with Crippen LogP contribution in [0.15, 0.2) is 48.8 Å². The van der Waals surface area contributed by atoms with Crippen molar-refractivity contribution in [2.24, 2.45) is 0 Å². The van der Waals surface area contributed by atoms with Gasteiger partial charge in [0.05, 0.1) is 11.7 Å². The highest BCUT2D eigenvalue weighted by atomic mass is 16.2. The molecule has 0 radical (unpaired) electrons. The molecule has 6 nitrogen and oxygen atoms in total. The maximum Gasteiger partial charge on any atom is 0.242 e. The molecule has 130 valence electrons. The van der Waals surface area contributed by atoms with E-state index in [1.807, 2.05) is 36.4 Å². The molecule has 0 aliphatic rings. The summed E-state index contributed by atoms with van der Waals surface area (Å²) in [4.78, 5) is 19.0. The van der Waals surface area contributed by atoms with Crippen molar-refractivity contribution in [1.82, 2.24) is 20.1 Å². The van der Waals surface area contributed by atoms with Crippen molar-refractivity contribution in [2.45, 2.75) is 26.9 Å². The van der Waals surface area contributed by atoms with Gasteiger partial charge < -0.3 is 10.2 Å². The molecule has 2 aromatic heterocycles. The summed E-state index contributed by atoms with van der Waals surface area (Å²) >= 11 is 0. The van der Waals surface area contributed by atoms with E-state index in [-0.39, 0.29) is 12.5 Å². The smallest absolute Gasteiger partial charge is 0.242 e. The van der Waals surface area contributed by atoms with Crippen LogP contribution in [0.3, 0.4) is 0 Å². The van der Waals surface area contributed by atoms with Crippen LogP contribution in [0, 0.1) is 0 Å². The monoisotopic (exact) mass is 337 g/mol. The first-order valence-corrected chi connectivity index (χ1v) is 8.59. The summed E-state index contributed by atoms with van der Waals surface area (Å²) in [6.07, 6.45) is 3.57. The Labute approximate surface area is 147 Å². The Morgan fingerprint density at radius 2 is 1.96 bits per heavy atom. The van der Waals surface area contributed by atoms with Crippen LogP contribution in [-0.2, 0) is 17.9 Å². The van der Waals surface area contributed by atoms with Gasteiger partial charge in [0.25, 0.3) is 0 Å². The number of hydrogen-bond donors (Lipinski definition) is 1. The van der Waals surface area contributed by atoms with Gasteiger partial charge in [-0.05, 0) is 26.0 Å². The molecule has 0 saturated carbocycles. The van der Waals surface area contributed by atoms with Gasteiger partial charge in [0, 0.05) is 36.8 Å². The normalized spacial score (nSPS) is 10.8. The molecule has 0 saturated heterocycles. The highest BCUT2D eigenvalue weighted by molar-refractivity contribution is 5.82. The van der Waals surface area contributed by atoms with Crippen LogP contribution in [0.4, 0.5) is 5.82 Å². The van der Waals surface area contributed by atoms with Crippen molar-refractivity contribution >= 4 is 22.6 Å². The standard InChI is InChI=1S/C19H23N5O/c1-3-23(4-2)19-16(9-7-11-20-19)12-21-18(25)14-24-17-10-6-5-8-15(17)13-22-24/h5-11,13H,3-4,12,14H2,1-2H3,(H,21,25). The number of anilines is 1. The number of nitrogens with one attached hydrogen (secondary N) is 1. The second-order valence-electron chi connectivity index (χ2n) is 5.80. The molecule has 6 heteroatoms. The molecule has 0 aliphatic carbocycles. The largest absolute Gasteiger partial charge is 0.357 e. The van der Waals surface area contributed by atoms with Gasteiger partial charge in [0.15, 0.2) is 0 Å². The van der Waals surface area contributed by atoms with Crippen LogP contribution >= 0.6 is 0 Å². The van der Waals surface area contributed by atoms with Crippen molar-refractivity contribution < 1.29 is 4.79 Å². The number of aromatic nitrogens is 3. The van der Waals surface area contributed by atoms with Crippen molar-refractivity contribution in [3.05, 3.63) is 54.4 Å². The zero-order valence-electron chi connectivity index (χ0n) is 14.6. The molecule has 0 bridgehead atoms. The molecule has 25 heavy (non-hydrogen) atoms. The fourth-order valence-corrected chi connectivity index (χ4v) is 2.91. The summed E-state index contributed by atoms with van der Waals surface area (Å²) < 4.78 is 1.72. The third-order valence-electron chi connectivity index (χ3n) is 4.25. The number of pyridine rings is 1. The number of rotatable bonds is 7. The lowest BCUT2D eigenvalue weighted by molar-refractivity contribution is -0.121. The maximum absolute atomic E-state index is 12.3. The molecular weight excluding hydrogens is 314 g/mol. The Hall–Kier alpha value is -2.89. The van der Waals surface area contributed by atoms with E-state index in [9.17, 15) is 4.79 Å². The molecule has 1 amide bonds. The number of benzene rings is 1. The SMILES string of the molecule is CCN(CC)c1ncccc1CNC(=O)Cn1ncc2ccccc21. The van der Waals surface area contributed by atoms with Gasteiger partial charge in [-0.2, -0.15) is 5.10 Å². The van der Waals surface area contributed by atoms with Crippen molar-refractivity contribution in [3.63, 3.8) is 0 Å². The first-order valence-electron chi connectivity index (χ1n) is 8.59. The quantitative estimate of drug-likeness (QED) is 0.720. The van der Waals surface area contributed by atoms with Gasteiger partial charge in [-0.3, -0.25) is 9.48 Å². The molecular formula is C19H23N5O. The average Bonchev–Trinajstić information content (AvgIpc) is 3.05. The number of hydrogen-bond acceptors (Lipinski definition) is 4. The first-order chi connectivity index (χ1) is 12.2. The molecule has 3 rings (SSSR count). The molecule has 0 fully saturated rings. The summed E-state index contributed by atoms with van der Waals surface area (Å²) in [5.41, 5.74) is 1.98. The Bertz CT molecular complexity index is 854. The van der Waals surface area contributed by atoms with E-state index >= 15 is 0 Å². The first kappa shape index (κ1) is 17.0. The van der Waals surface area contributed by atoms with Crippen molar-refractivity contribution in [2.75, 3.05) is 18.0 Å². The molecule has 1 aromatic carbocycles. The predicted octanol–water partition coefficient (Wildman–Crippen LogP) is 2.59.